The number of rotatable bonds is 3. The molecule has 1 aromatic heterocycles. The highest BCUT2D eigenvalue weighted by molar-refractivity contribution is 7.07. The van der Waals surface area contributed by atoms with Gasteiger partial charge >= 0.3 is 0 Å². The van der Waals surface area contributed by atoms with Crippen LogP contribution < -0.4 is 5.32 Å². The van der Waals surface area contributed by atoms with E-state index >= 15 is 0 Å². The molecule has 2 aromatic rings. The number of likely N-dealkylation sites (N-methyl/N-ethyl adjacent to an activating group) is 1. The first kappa shape index (κ1) is 14.6. The van der Waals surface area contributed by atoms with E-state index in [2.05, 4.69) is 10.3 Å². The van der Waals surface area contributed by atoms with Crippen LogP contribution in [0.25, 0.3) is 0 Å². The Morgan fingerprint density at radius 2 is 2.14 bits per heavy atom. The molecule has 3 rings (SSSR count). The van der Waals surface area contributed by atoms with Crippen LogP contribution in [0.5, 0.6) is 0 Å². The maximum atomic E-state index is 13.1. The predicted molar refractivity (Wildman–Crippen MR) is 79.9 cm³/mol. The average molecular weight is 319 g/mol. The number of halogens is 1. The molecule has 1 fully saturated rings. The van der Waals surface area contributed by atoms with E-state index in [4.69, 9.17) is 0 Å². The Labute approximate surface area is 130 Å². The number of thiazole rings is 1. The summed E-state index contributed by atoms with van der Waals surface area (Å²) in [4.78, 5) is 29.7. The van der Waals surface area contributed by atoms with Crippen molar-refractivity contribution in [3.63, 3.8) is 0 Å². The zero-order chi connectivity index (χ0) is 15.7. The second kappa shape index (κ2) is 5.84. The lowest BCUT2D eigenvalue weighted by Gasteiger charge is -2.25. The summed E-state index contributed by atoms with van der Waals surface area (Å²) in [6, 6.07) is 5.30. The van der Waals surface area contributed by atoms with Crippen LogP contribution >= 0.6 is 11.3 Å². The highest BCUT2D eigenvalue weighted by atomic mass is 32.1. The summed E-state index contributed by atoms with van der Waals surface area (Å²) in [6.07, 6.45) is 0.217. The lowest BCUT2D eigenvalue weighted by Crippen LogP contribution is -2.39. The van der Waals surface area contributed by atoms with E-state index in [-0.39, 0.29) is 36.1 Å². The van der Waals surface area contributed by atoms with E-state index in [9.17, 15) is 14.0 Å². The number of likely N-dealkylation sites (tertiary alicyclic amines) is 1. The van der Waals surface area contributed by atoms with E-state index in [0.29, 0.717) is 5.69 Å². The van der Waals surface area contributed by atoms with Crippen LogP contribution in [0.4, 0.5) is 4.39 Å². The van der Waals surface area contributed by atoms with E-state index in [1.165, 1.54) is 23.5 Å². The molecule has 0 bridgehead atoms. The maximum Gasteiger partial charge on any atom is 0.271 e. The standard InChI is InChI=1S/C15H14FN3O2S/c1-19-13(20)6-11(18-15(21)12-7-22-8-17-12)14(19)9-2-4-10(16)5-3-9/h2-5,7-8,11,14H,6H2,1H3,(H,18,21)/t11-,14-/m1/s1. The van der Waals surface area contributed by atoms with Gasteiger partial charge in [-0.15, -0.1) is 11.3 Å². The van der Waals surface area contributed by atoms with Gasteiger partial charge in [-0.25, -0.2) is 9.37 Å². The molecule has 114 valence electrons. The number of amides is 2. The van der Waals surface area contributed by atoms with Gasteiger partial charge in [-0.2, -0.15) is 0 Å². The van der Waals surface area contributed by atoms with Crippen LogP contribution in [-0.4, -0.2) is 34.8 Å². The first-order valence-corrected chi connectivity index (χ1v) is 7.70. The van der Waals surface area contributed by atoms with Crippen molar-refractivity contribution < 1.29 is 14.0 Å². The third-order valence-electron chi connectivity index (χ3n) is 3.78. The Morgan fingerprint density at radius 3 is 2.77 bits per heavy atom. The highest BCUT2D eigenvalue weighted by Crippen LogP contribution is 2.32. The fraction of sp³-hybridized carbons (Fsp3) is 0.267. The summed E-state index contributed by atoms with van der Waals surface area (Å²) < 4.78 is 13.1. The predicted octanol–water partition coefficient (Wildman–Crippen LogP) is 1.98. The summed E-state index contributed by atoms with van der Waals surface area (Å²) in [5.41, 5.74) is 2.71. The molecule has 0 spiro atoms. The lowest BCUT2D eigenvalue weighted by molar-refractivity contribution is -0.127. The number of carbonyl (C=O) groups is 2. The van der Waals surface area contributed by atoms with Crippen molar-refractivity contribution in [3.8, 4) is 0 Å². The summed E-state index contributed by atoms with van der Waals surface area (Å²) in [7, 11) is 1.69. The molecule has 0 radical (unpaired) electrons. The highest BCUT2D eigenvalue weighted by Gasteiger charge is 2.39. The molecule has 22 heavy (non-hydrogen) atoms. The average Bonchev–Trinajstić information content (AvgIpc) is 3.11. The molecule has 1 aromatic carbocycles. The number of hydrogen-bond acceptors (Lipinski definition) is 4. The van der Waals surface area contributed by atoms with Gasteiger partial charge in [0.05, 0.1) is 17.6 Å². The molecular formula is C15H14FN3O2S. The van der Waals surface area contributed by atoms with Crippen LogP contribution in [-0.2, 0) is 4.79 Å². The summed E-state index contributed by atoms with van der Waals surface area (Å²) in [6.45, 7) is 0. The van der Waals surface area contributed by atoms with Crippen LogP contribution in [0.15, 0.2) is 35.2 Å². The van der Waals surface area contributed by atoms with Gasteiger partial charge in [0, 0.05) is 18.8 Å². The van der Waals surface area contributed by atoms with E-state index < -0.39 is 0 Å². The molecule has 0 saturated carbocycles. The van der Waals surface area contributed by atoms with Gasteiger partial charge in [-0.1, -0.05) is 12.1 Å². The molecule has 7 heteroatoms. The number of aromatic nitrogens is 1. The Balaban J connectivity index is 1.83. The third-order valence-corrected chi connectivity index (χ3v) is 4.37. The topological polar surface area (TPSA) is 62.3 Å². The van der Waals surface area contributed by atoms with Crippen molar-refractivity contribution in [1.29, 1.82) is 0 Å². The van der Waals surface area contributed by atoms with E-state index in [1.54, 1.807) is 35.0 Å². The summed E-state index contributed by atoms with van der Waals surface area (Å²) in [5.74, 6) is -0.696. The fourth-order valence-electron chi connectivity index (χ4n) is 2.68. The fourth-order valence-corrected chi connectivity index (χ4v) is 3.21. The van der Waals surface area contributed by atoms with E-state index in [1.807, 2.05) is 0 Å². The van der Waals surface area contributed by atoms with Gasteiger partial charge in [-0.05, 0) is 17.7 Å². The number of hydrogen-bond donors (Lipinski definition) is 1. The zero-order valence-corrected chi connectivity index (χ0v) is 12.6. The molecule has 1 aliphatic rings. The first-order valence-electron chi connectivity index (χ1n) is 6.76. The SMILES string of the molecule is CN1C(=O)C[C@@H](NC(=O)c2cscn2)[C@H]1c1ccc(F)cc1. The molecule has 2 heterocycles. The monoisotopic (exact) mass is 319 g/mol. The molecule has 5 nitrogen and oxygen atoms in total. The van der Waals surface area contributed by atoms with Crippen molar-refractivity contribution >= 4 is 23.2 Å². The van der Waals surface area contributed by atoms with Gasteiger partial charge in [0.25, 0.3) is 5.91 Å². The zero-order valence-electron chi connectivity index (χ0n) is 11.8. The Kier molecular flexibility index (Phi) is 3.89. The van der Waals surface area contributed by atoms with Gasteiger partial charge in [0.2, 0.25) is 5.91 Å². The number of nitrogens with one attached hydrogen (secondary N) is 1. The molecule has 2 atom stereocenters. The first-order chi connectivity index (χ1) is 10.6. The number of carbonyl (C=O) groups excluding carboxylic acids is 2. The molecule has 0 unspecified atom stereocenters. The quantitative estimate of drug-likeness (QED) is 0.941. The largest absolute Gasteiger partial charge is 0.345 e. The minimum absolute atomic E-state index is 0.0575. The molecule has 1 saturated heterocycles. The van der Waals surface area contributed by atoms with E-state index in [0.717, 1.165) is 5.56 Å². The number of nitrogens with zero attached hydrogens (tertiary/aromatic N) is 2. The summed E-state index contributed by atoms with van der Waals surface area (Å²) in [5, 5.41) is 4.51. The van der Waals surface area contributed by atoms with Crippen molar-refractivity contribution in [3.05, 3.63) is 52.2 Å². The van der Waals surface area contributed by atoms with Gasteiger partial charge in [0.1, 0.15) is 11.5 Å². The molecule has 2 amide bonds. The van der Waals surface area contributed by atoms with Gasteiger partial charge in [-0.3, -0.25) is 9.59 Å². The molecule has 1 N–H and O–H groups in total. The number of benzene rings is 1. The van der Waals surface area contributed by atoms with Gasteiger partial charge in [0.15, 0.2) is 0 Å². The van der Waals surface area contributed by atoms with Crippen molar-refractivity contribution in [2.75, 3.05) is 7.05 Å². The maximum absolute atomic E-state index is 13.1. The smallest absolute Gasteiger partial charge is 0.271 e. The normalized spacial score (nSPS) is 21.2. The van der Waals surface area contributed by atoms with Crippen LogP contribution in [0.3, 0.4) is 0 Å². The molecular weight excluding hydrogens is 305 g/mol. The minimum atomic E-state index is -0.364. The Bertz CT molecular complexity index is 687. The Morgan fingerprint density at radius 1 is 1.41 bits per heavy atom. The minimum Gasteiger partial charge on any atom is -0.345 e. The van der Waals surface area contributed by atoms with Gasteiger partial charge < -0.3 is 10.2 Å². The van der Waals surface area contributed by atoms with Crippen LogP contribution in [0, 0.1) is 5.82 Å². The second-order valence-corrected chi connectivity index (χ2v) is 5.88. The van der Waals surface area contributed by atoms with Crippen molar-refractivity contribution in [2.24, 2.45) is 0 Å². The molecule has 0 aliphatic carbocycles. The molecule has 1 aliphatic heterocycles. The summed E-state index contributed by atoms with van der Waals surface area (Å²) >= 11 is 1.33. The Hall–Kier alpha value is -2.28. The van der Waals surface area contributed by atoms with Crippen LogP contribution in [0.2, 0.25) is 0 Å². The second-order valence-electron chi connectivity index (χ2n) is 5.16. The van der Waals surface area contributed by atoms with Crippen LogP contribution in [0.1, 0.15) is 28.5 Å². The van der Waals surface area contributed by atoms with Crippen molar-refractivity contribution in [1.82, 2.24) is 15.2 Å². The third kappa shape index (κ3) is 2.71. The van der Waals surface area contributed by atoms with Crippen molar-refractivity contribution in [2.45, 2.75) is 18.5 Å². The lowest BCUT2D eigenvalue weighted by atomic mass is 10.00.